The minimum Gasteiger partial charge on any atom is -0.481 e. The van der Waals surface area contributed by atoms with E-state index in [4.69, 9.17) is 46.0 Å². The predicted octanol–water partition coefficient (Wildman–Crippen LogP) is -0.109. The highest BCUT2D eigenvalue weighted by Crippen LogP contribution is 2.20. The number of nitrogens with one attached hydrogen (secondary N) is 17. The Balaban J connectivity index is 7.44. The van der Waals surface area contributed by atoms with Crippen LogP contribution >= 0.6 is 0 Å². The second kappa shape index (κ2) is 75.0. The van der Waals surface area contributed by atoms with E-state index in [-0.39, 0.29) is 182 Å². The quantitative estimate of drug-likeness (QED) is 0.0163. The molecule has 0 bridgehead atoms. The summed E-state index contributed by atoms with van der Waals surface area (Å²) in [5.74, 6) is -10.5. The van der Waals surface area contributed by atoms with Crippen molar-refractivity contribution in [1.29, 1.82) is 0 Å². The molecule has 0 aliphatic rings. The van der Waals surface area contributed by atoms with Crippen LogP contribution in [0.5, 0.6) is 0 Å². The van der Waals surface area contributed by atoms with Gasteiger partial charge in [0.1, 0.15) is 84.6 Å². The molecule has 0 unspecified atom stereocenters. The molecule has 0 aliphatic carbocycles. The van der Waals surface area contributed by atoms with Gasteiger partial charge in [0.05, 0.1) is 12.6 Å². The molecule has 0 spiro atoms. The molecular formula is C97H185N25O19. The summed E-state index contributed by atoms with van der Waals surface area (Å²) in [6.07, 6.45) is 6.47. The number of carbonyl (C=O) groups is 18. The van der Waals surface area contributed by atoms with Gasteiger partial charge < -0.3 is 130 Å². The fourth-order valence-corrected chi connectivity index (χ4v) is 15.7. The van der Waals surface area contributed by atoms with Gasteiger partial charge in [-0.2, -0.15) is 0 Å². The zero-order valence-electron chi connectivity index (χ0n) is 87.5. The topological polar surface area (TPSA) is 740 Å². The molecule has 0 aromatic carbocycles. The lowest BCUT2D eigenvalue weighted by molar-refractivity contribution is -0.139. The van der Waals surface area contributed by atoms with E-state index >= 15 is 0 Å². The molecule has 0 saturated heterocycles. The van der Waals surface area contributed by atoms with E-state index in [1.165, 1.54) is 0 Å². The first-order valence-electron chi connectivity index (χ1n) is 51.5. The van der Waals surface area contributed by atoms with E-state index < -0.39 is 210 Å². The standard InChI is InChI=1S/C97H185N25O19/c1-57(2)48-65(104)83(127)108-67(33-20-26-42-99)85(129)110-68(34-21-27-43-100)86(130)116-77(53-62(11)12)95(139)119-75(51-60(7)8)93(137)113-71(37-24-30-46-103)89(133)118-79(55-64(15)16)97(141)121-76(52-61(9)10)94(138)114-72(39-40-82(125)126)90(134)111-69(35-22-28-44-101)87(131)117-78(54-63(13)14)96(140)120-74(50-59(5)6)92(136)112-70(36-23-29-45-102)88(132)115-73(49-58(3)4)91(135)109-66(32-19-25-41-98)84(128)107-56-81(124)106-47-31-17-18-38-80(123)122-105/h57-79H,17-56,98-105H2,1-16H3,(H,106,124)(H,107,128)(H,108,127)(H,109,135)(H,110,129)(H,111,134)(H,112,136)(H,113,137)(H,114,138)(H,115,132)(H,116,130)(H,117,131)(H,118,133)(H,119,139)(H,120,140)(H,121,141)(H,122,123)(H,125,126)/t65-,66-,67-,68-,69-,70-,71-,72-,73-,74-,75-,76-,77-,78-,79-/m0/s1. The highest BCUT2D eigenvalue weighted by molar-refractivity contribution is 6.01. The Kier molecular flexibility index (Phi) is 69.7. The molecule has 0 aromatic heterocycles. The lowest BCUT2D eigenvalue weighted by atomic mass is 9.98. The second-order valence-electron chi connectivity index (χ2n) is 40.6. The number of hydrazine groups is 1. The third kappa shape index (κ3) is 59.7. The van der Waals surface area contributed by atoms with Crippen molar-refractivity contribution in [3.8, 4) is 0 Å². The third-order valence-corrected chi connectivity index (χ3v) is 23.2. The Morgan fingerprint density at radius 3 is 0.617 bits per heavy atom. The third-order valence-electron chi connectivity index (χ3n) is 23.2. The summed E-state index contributed by atoms with van der Waals surface area (Å²) in [6.45, 7) is 30.3. The minimum absolute atomic E-state index is 0.00196. The van der Waals surface area contributed by atoms with E-state index in [2.05, 4.69) is 90.5 Å². The van der Waals surface area contributed by atoms with Gasteiger partial charge in [0.25, 0.3) is 0 Å². The van der Waals surface area contributed by atoms with E-state index in [1.54, 1.807) is 55.4 Å². The molecule has 141 heavy (non-hydrogen) atoms. The van der Waals surface area contributed by atoms with Gasteiger partial charge in [-0.05, 0) is 273 Å². The highest BCUT2D eigenvalue weighted by atomic mass is 16.4. The number of nitrogens with two attached hydrogens (primary N) is 8. The van der Waals surface area contributed by atoms with Crippen LogP contribution < -0.4 is 136 Å². The summed E-state index contributed by atoms with van der Waals surface area (Å²) >= 11 is 0. The number of unbranched alkanes of at least 4 members (excludes halogenated alkanes) is 8. The Hall–Kier alpha value is -9.86. The van der Waals surface area contributed by atoms with Crippen LogP contribution in [0.15, 0.2) is 0 Å². The SMILES string of the molecule is CC(C)C[C@H](NC(=O)[C@H](CCCCN)NC(=O)[C@H](CC(C)C)NC(=O)[C@H](CC(C)C)NC(=O)[C@H](CCCCN)NC(=O)[C@H](CCC(=O)O)NC(=O)[C@H](CC(C)C)NC(=O)[C@H](CC(C)C)NC(=O)[C@H](CCCCN)NC(=O)[C@H](CC(C)C)NC(=O)[C@H](CC(C)C)NC(=O)[C@H](CCCCN)NC(=O)[C@H](CCCCN)NC(=O)[C@@H](N)CC(C)C)C(=O)N[C@@H](CCCCN)C(=O)NCC(=O)NCCCCCC(=O)NN. The van der Waals surface area contributed by atoms with Gasteiger partial charge in [-0.15, -0.1) is 0 Å². The van der Waals surface area contributed by atoms with Crippen LogP contribution in [-0.2, 0) is 86.3 Å². The molecule has 34 N–H and O–H groups in total. The van der Waals surface area contributed by atoms with Crippen LogP contribution in [0.1, 0.15) is 316 Å². The Bertz CT molecular complexity index is 3770. The number of amides is 17. The van der Waals surface area contributed by atoms with Crippen molar-refractivity contribution < 1.29 is 91.4 Å². The van der Waals surface area contributed by atoms with Gasteiger partial charge in [-0.3, -0.25) is 91.7 Å². The van der Waals surface area contributed by atoms with Crippen molar-refractivity contribution in [2.24, 2.45) is 93.3 Å². The number of carboxylic acids is 1. The van der Waals surface area contributed by atoms with E-state index in [1.807, 2.05) is 55.4 Å². The monoisotopic (exact) mass is 2000 g/mol. The number of carbonyl (C=O) groups excluding carboxylic acids is 17. The van der Waals surface area contributed by atoms with Gasteiger partial charge in [-0.25, -0.2) is 5.84 Å². The van der Waals surface area contributed by atoms with Gasteiger partial charge in [0.15, 0.2) is 0 Å². The van der Waals surface area contributed by atoms with Crippen LogP contribution in [0.4, 0.5) is 0 Å². The zero-order chi connectivity index (χ0) is 107. The van der Waals surface area contributed by atoms with Crippen LogP contribution in [-0.4, -0.2) is 254 Å². The van der Waals surface area contributed by atoms with Crippen molar-refractivity contribution in [2.45, 2.75) is 407 Å². The molecular weight excluding hydrogens is 1820 g/mol. The molecule has 0 heterocycles. The second-order valence-corrected chi connectivity index (χ2v) is 40.6. The number of carboxylic acid groups (broad SMARTS) is 1. The van der Waals surface area contributed by atoms with Crippen molar-refractivity contribution in [3.05, 3.63) is 0 Å². The van der Waals surface area contributed by atoms with Gasteiger partial charge >= 0.3 is 5.97 Å². The molecule has 0 rings (SSSR count). The van der Waals surface area contributed by atoms with Crippen molar-refractivity contribution >= 4 is 106 Å². The first-order valence-corrected chi connectivity index (χ1v) is 51.5. The molecule has 0 radical (unpaired) electrons. The summed E-state index contributed by atoms with van der Waals surface area (Å²) < 4.78 is 0. The molecule has 44 nitrogen and oxygen atoms in total. The van der Waals surface area contributed by atoms with Crippen LogP contribution in [0.3, 0.4) is 0 Å². The molecule has 0 aromatic rings. The van der Waals surface area contributed by atoms with Crippen LogP contribution in [0.2, 0.25) is 0 Å². The molecule has 0 aliphatic heterocycles. The van der Waals surface area contributed by atoms with Crippen molar-refractivity contribution in [2.75, 3.05) is 52.4 Å². The zero-order valence-corrected chi connectivity index (χ0v) is 87.5. The van der Waals surface area contributed by atoms with Crippen molar-refractivity contribution in [1.82, 2.24) is 90.5 Å². The largest absolute Gasteiger partial charge is 0.481 e. The maximum atomic E-state index is 14.9. The average Bonchev–Trinajstić information content (AvgIpc) is 0.847. The molecule has 0 fully saturated rings. The van der Waals surface area contributed by atoms with Gasteiger partial charge in [0, 0.05) is 19.4 Å². The molecule has 17 amide bonds. The predicted molar refractivity (Wildman–Crippen MR) is 542 cm³/mol. The first-order chi connectivity index (χ1) is 66.5. The lowest BCUT2D eigenvalue weighted by Gasteiger charge is -2.30. The maximum Gasteiger partial charge on any atom is 0.303 e. The Morgan fingerprint density at radius 1 is 0.213 bits per heavy atom. The summed E-state index contributed by atoms with van der Waals surface area (Å²) in [5.41, 5.74) is 43.5. The van der Waals surface area contributed by atoms with E-state index in [9.17, 15) is 91.4 Å². The highest BCUT2D eigenvalue weighted by Gasteiger charge is 2.40. The van der Waals surface area contributed by atoms with E-state index in [0.717, 1.165) is 0 Å². The number of hydrogen-bond acceptors (Lipinski definition) is 26. The fourth-order valence-electron chi connectivity index (χ4n) is 15.7. The number of hydrogen-bond donors (Lipinski definition) is 26. The van der Waals surface area contributed by atoms with Crippen molar-refractivity contribution in [3.63, 3.8) is 0 Å². The summed E-state index contributed by atoms with van der Waals surface area (Å²) in [4.78, 5) is 255. The normalized spacial score (nSPS) is 14.7. The molecule has 812 valence electrons. The number of rotatable bonds is 80. The maximum absolute atomic E-state index is 14.9. The molecule has 15 atom stereocenters. The molecule has 44 heteroatoms. The Morgan fingerprint density at radius 2 is 0.411 bits per heavy atom. The summed E-state index contributed by atoms with van der Waals surface area (Å²) in [6, 6.07) is -19.6. The lowest BCUT2D eigenvalue weighted by Crippen LogP contribution is -2.61. The van der Waals surface area contributed by atoms with Crippen LogP contribution in [0, 0.1) is 47.3 Å². The smallest absolute Gasteiger partial charge is 0.303 e. The number of aliphatic carboxylic acids is 1. The van der Waals surface area contributed by atoms with E-state index in [0.29, 0.717) is 109 Å². The summed E-state index contributed by atoms with van der Waals surface area (Å²) in [7, 11) is 0. The van der Waals surface area contributed by atoms with Gasteiger partial charge in [0.2, 0.25) is 100 Å². The average molecular weight is 2010 g/mol. The summed E-state index contributed by atoms with van der Waals surface area (Å²) in [5, 5.41) is 54.1. The van der Waals surface area contributed by atoms with Crippen LogP contribution in [0.25, 0.3) is 0 Å². The molecule has 0 saturated carbocycles. The Labute approximate surface area is 837 Å². The van der Waals surface area contributed by atoms with Gasteiger partial charge in [-0.1, -0.05) is 117 Å². The first kappa shape index (κ1) is 131. The fraction of sp³-hybridized carbons (Fsp3) is 0.814. The minimum atomic E-state index is -1.69.